The van der Waals surface area contributed by atoms with E-state index in [2.05, 4.69) is 11.9 Å². The largest absolute Gasteiger partial charge is 0.490 e. The molecule has 0 bridgehead atoms. The molecular weight excluding hydrogens is 524 g/mol. The van der Waals surface area contributed by atoms with Crippen molar-refractivity contribution in [1.82, 2.24) is 4.90 Å². The first-order valence-corrected chi connectivity index (χ1v) is 14.0. The van der Waals surface area contributed by atoms with Crippen LogP contribution in [0.3, 0.4) is 0 Å². The normalized spacial score (nSPS) is 23.1. The van der Waals surface area contributed by atoms with Gasteiger partial charge in [0.25, 0.3) is 0 Å². The summed E-state index contributed by atoms with van der Waals surface area (Å²) in [5, 5.41) is 3.08. The first-order valence-electron chi connectivity index (χ1n) is 14.0. The van der Waals surface area contributed by atoms with Crippen molar-refractivity contribution in [1.29, 1.82) is 0 Å². The molecule has 0 aromatic heterocycles. The predicted molar refractivity (Wildman–Crippen MR) is 161 cm³/mol. The van der Waals surface area contributed by atoms with Crippen molar-refractivity contribution in [3.8, 4) is 5.75 Å². The molecule has 0 unspecified atom stereocenters. The van der Waals surface area contributed by atoms with Crippen molar-refractivity contribution in [2.24, 2.45) is 5.92 Å². The molecule has 0 radical (unpaired) electrons. The number of hydrogen-bond donors (Lipinski definition) is 1. The van der Waals surface area contributed by atoms with Crippen LogP contribution in [0.2, 0.25) is 0 Å². The number of benzene rings is 4. The van der Waals surface area contributed by atoms with Gasteiger partial charge in [-0.3, -0.25) is 14.4 Å². The number of ether oxygens (including phenoxy) is 1. The number of rotatable bonds is 7. The Balaban J connectivity index is 1.48. The van der Waals surface area contributed by atoms with E-state index in [1.54, 1.807) is 42.5 Å². The Labute approximate surface area is 243 Å². The molecule has 1 amide bonds. The lowest BCUT2D eigenvalue weighted by molar-refractivity contribution is -0.122. The standard InChI is InChI=1S/C36H28N2O4/c1-2-22-42-26-18-16-25(17-19-26)32(39)30-31(33(40)24-11-4-3-5-12-24)38-21-20-23-10-6-7-13-27(23)34(38)36(30)28-14-8-9-15-29(28)37-35(36)41/h2-21,30-31,34H,1,22H2,(H,37,41)/t30-,31-,34-,36-/m1/s1. The third kappa shape index (κ3) is 3.68. The van der Waals surface area contributed by atoms with Crippen LogP contribution in [0, 0.1) is 5.92 Å². The summed E-state index contributed by atoms with van der Waals surface area (Å²) in [5.41, 5.74) is 2.78. The van der Waals surface area contributed by atoms with Crippen LogP contribution < -0.4 is 10.1 Å². The van der Waals surface area contributed by atoms with Gasteiger partial charge >= 0.3 is 0 Å². The topological polar surface area (TPSA) is 75.7 Å². The summed E-state index contributed by atoms with van der Waals surface area (Å²) >= 11 is 0. The van der Waals surface area contributed by atoms with Crippen LogP contribution >= 0.6 is 0 Å². The summed E-state index contributed by atoms with van der Waals surface area (Å²) in [6.45, 7) is 4.02. The van der Waals surface area contributed by atoms with E-state index < -0.39 is 23.4 Å². The highest BCUT2D eigenvalue weighted by Gasteiger charge is 2.70. The van der Waals surface area contributed by atoms with Gasteiger partial charge in [-0.1, -0.05) is 85.5 Å². The van der Waals surface area contributed by atoms with Gasteiger partial charge in [-0.15, -0.1) is 0 Å². The maximum Gasteiger partial charge on any atom is 0.238 e. The minimum atomic E-state index is -1.36. The maximum atomic E-state index is 14.9. The molecule has 3 heterocycles. The summed E-state index contributed by atoms with van der Waals surface area (Å²) in [7, 11) is 0. The van der Waals surface area contributed by atoms with Gasteiger partial charge in [-0.25, -0.2) is 0 Å². The molecule has 42 heavy (non-hydrogen) atoms. The third-order valence-electron chi connectivity index (χ3n) is 8.69. The SMILES string of the molecule is C=CCOc1ccc(C(=O)[C@H]2[C@H](C(=O)c3ccccc3)N3C=Cc4ccccc4[C@@H]3[C@]23C(=O)Nc2ccccc23)cc1. The maximum absolute atomic E-state index is 14.9. The summed E-state index contributed by atoms with van der Waals surface area (Å²) in [6.07, 6.45) is 5.50. The number of para-hydroxylation sites is 1. The summed E-state index contributed by atoms with van der Waals surface area (Å²) in [6, 6.07) is 29.8. The zero-order chi connectivity index (χ0) is 28.8. The van der Waals surface area contributed by atoms with Gasteiger partial charge in [-0.2, -0.15) is 0 Å². The Morgan fingerprint density at radius 1 is 0.857 bits per heavy atom. The van der Waals surface area contributed by atoms with E-state index >= 15 is 0 Å². The molecule has 1 spiro atoms. The predicted octanol–water partition coefficient (Wildman–Crippen LogP) is 6.23. The molecule has 206 valence electrons. The second-order valence-electron chi connectivity index (χ2n) is 10.8. The van der Waals surface area contributed by atoms with E-state index in [1.807, 2.05) is 83.9 Å². The van der Waals surface area contributed by atoms with Crippen LogP contribution in [0.5, 0.6) is 5.75 Å². The molecule has 1 saturated heterocycles. The number of hydrogen-bond acceptors (Lipinski definition) is 5. The second-order valence-corrected chi connectivity index (χ2v) is 10.8. The first-order chi connectivity index (χ1) is 20.6. The Morgan fingerprint density at radius 3 is 2.33 bits per heavy atom. The van der Waals surface area contributed by atoms with Gasteiger partial charge in [0.15, 0.2) is 11.6 Å². The number of carbonyl (C=O) groups is 3. The minimum Gasteiger partial charge on any atom is -0.490 e. The number of anilines is 1. The van der Waals surface area contributed by atoms with E-state index in [0.29, 0.717) is 29.2 Å². The molecule has 0 aliphatic carbocycles. The monoisotopic (exact) mass is 552 g/mol. The molecule has 4 aromatic rings. The van der Waals surface area contributed by atoms with Crippen molar-refractivity contribution >= 4 is 29.2 Å². The number of Topliss-reactive ketones (excluding diaryl/α,β-unsaturated/α-hetero) is 2. The van der Waals surface area contributed by atoms with Crippen LogP contribution in [0.4, 0.5) is 5.69 Å². The van der Waals surface area contributed by atoms with Crippen LogP contribution in [0.15, 0.2) is 122 Å². The molecule has 6 heteroatoms. The van der Waals surface area contributed by atoms with Crippen molar-refractivity contribution < 1.29 is 19.1 Å². The Hall–Kier alpha value is -5.23. The number of ketones is 2. The highest BCUT2D eigenvalue weighted by molar-refractivity contribution is 6.16. The molecular formula is C36H28N2O4. The van der Waals surface area contributed by atoms with Gasteiger partial charge in [0, 0.05) is 23.0 Å². The quantitative estimate of drug-likeness (QED) is 0.217. The minimum absolute atomic E-state index is 0.206. The van der Waals surface area contributed by atoms with Gasteiger partial charge in [0.1, 0.15) is 23.8 Å². The molecule has 7 rings (SSSR count). The first kappa shape index (κ1) is 25.7. The Kier molecular flexibility index (Phi) is 6.12. The fourth-order valence-electron chi connectivity index (χ4n) is 6.99. The molecule has 1 fully saturated rings. The summed E-state index contributed by atoms with van der Waals surface area (Å²) in [4.78, 5) is 45.8. The molecule has 6 nitrogen and oxygen atoms in total. The molecule has 4 atom stereocenters. The zero-order valence-electron chi connectivity index (χ0n) is 22.8. The fourth-order valence-corrected chi connectivity index (χ4v) is 6.99. The van der Waals surface area contributed by atoms with Crippen molar-refractivity contribution in [2.45, 2.75) is 17.5 Å². The lowest BCUT2D eigenvalue weighted by Gasteiger charge is -2.38. The van der Waals surface area contributed by atoms with Gasteiger partial charge in [0.05, 0.1) is 12.0 Å². The average molecular weight is 553 g/mol. The van der Waals surface area contributed by atoms with Crippen LogP contribution in [-0.4, -0.2) is 35.0 Å². The highest BCUT2D eigenvalue weighted by Crippen LogP contribution is 2.62. The number of amides is 1. The molecule has 3 aliphatic rings. The molecule has 1 N–H and O–H groups in total. The number of nitrogens with zero attached hydrogens (tertiary/aromatic N) is 1. The van der Waals surface area contributed by atoms with Gasteiger partial charge in [-0.05, 0) is 53.1 Å². The Bertz CT molecular complexity index is 1760. The number of nitrogens with one attached hydrogen (secondary N) is 1. The summed E-state index contributed by atoms with van der Waals surface area (Å²) < 4.78 is 5.64. The van der Waals surface area contributed by atoms with Gasteiger partial charge in [0.2, 0.25) is 5.91 Å². The summed E-state index contributed by atoms with van der Waals surface area (Å²) in [5.74, 6) is -1.18. The second kappa shape index (κ2) is 10.00. The molecule has 4 aromatic carbocycles. The fraction of sp³-hybridized carbons (Fsp3) is 0.139. The van der Waals surface area contributed by atoms with Crippen molar-refractivity contribution in [2.75, 3.05) is 11.9 Å². The third-order valence-corrected chi connectivity index (χ3v) is 8.69. The van der Waals surface area contributed by atoms with Crippen LogP contribution in [0.1, 0.15) is 43.4 Å². The number of carbonyl (C=O) groups excluding carboxylic acids is 3. The molecule has 0 saturated carbocycles. The zero-order valence-corrected chi connectivity index (χ0v) is 22.8. The highest BCUT2D eigenvalue weighted by atomic mass is 16.5. The van der Waals surface area contributed by atoms with E-state index in [9.17, 15) is 14.4 Å². The number of fused-ring (bicyclic) bond motifs is 6. The van der Waals surface area contributed by atoms with Gasteiger partial charge < -0.3 is 15.0 Å². The van der Waals surface area contributed by atoms with E-state index in [-0.39, 0.29) is 17.5 Å². The van der Waals surface area contributed by atoms with E-state index in [1.165, 1.54) is 0 Å². The molecule has 3 aliphatic heterocycles. The lowest BCUT2D eigenvalue weighted by atomic mass is 9.62. The van der Waals surface area contributed by atoms with E-state index in [0.717, 1.165) is 16.7 Å². The van der Waals surface area contributed by atoms with Crippen LogP contribution in [-0.2, 0) is 10.2 Å². The Morgan fingerprint density at radius 2 is 1.55 bits per heavy atom. The van der Waals surface area contributed by atoms with E-state index in [4.69, 9.17) is 4.74 Å². The van der Waals surface area contributed by atoms with Crippen LogP contribution in [0.25, 0.3) is 6.08 Å². The smallest absolute Gasteiger partial charge is 0.238 e. The van der Waals surface area contributed by atoms with Crippen molar-refractivity contribution in [3.63, 3.8) is 0 Å². The average Bonchev–Trinajstić information content (AvgIpc) is 3.52. The van der Waals surface area contributed by atoms with Crippen molar-refractivity contribution in [3.05, 3.63) is 150 Å². The lowest BCUT2D eigenvalue weighted by Crippen LogP contribution is -2.49.